The van der Waals surface area contributed by atoms with Crippen LogP contribution in [0.1, 0.15) is 54.6 Å². The van der Waals surface area contributed by atoms with Gasteiger partial charge in [0.2, 0.25) is 0 Å². The number of carbonyl (C=O) groups excluding carboxylic acids is 2. The maximum atomic E-state index is 14.2. The normalized spacial score (nSPS) is 14.6. The van der Waals surface area contributed by atoms with Crippen molar-refractivity contribution < 1.29 is 31.5 Å². The second-order valence-corrected chi connectivity index (χ2v) is 10.1. The fourth-order valence-corrected chi connectivity index (χ4v) is 5.19. The standard InChI is InChI=1S/C29H17ClF5N5O2/c30-22-3-2-18(31)11-20(22)26-25-21(28(42)38-26)6-15(5-14-1-4-24-39-36-13-40(24)12-14)7-23(25)37-27(41)16-8-17(29(33,34)35)10-19(32)9-16/h1-4,6-13,26H,5H2,(H,37,41)(H,38,42). The molecule has 0 radical (unpaired) electrons. The van der Waals surface area contributed by atoms with E-state index in [4.69, 9.17) is 11.6 Å². The van der Waals surface area contributed by atoms with Crippen LogP contribution in [0.3, 0.4) is 0 Å². The van der Waals surface area contributed by atoms with Gasteiger partial charge in [-0.25, -0.2) is 8.78 Å². The van der Waals surface area contributed by atoms with Crippen LogP contribution < -0.4 is 10.6 Å². The monoisotopic (exact) mass is 597 g/mol. The summed E-state index contributed by atoms with van der Waals surface area (Å²) in [5.41, 5.74) is 0.683. The van der Waals surface area contributed by atoms with E-state index in [1.165, 1.54) is 12.4 Å². The number of nitrogens with zero attached hydrogens (tertiary/aromatic N) is 3. The number of carbonyl (C=O) groups is 2. The molecule has 6 rings (SSSR count). The van der Waals surface area contributed by atoms with Crippen molar-refractivity contribution >= 4 is 34.7 Å². The van der Waals surface area contributed by atoms with E-state index in [1.807, 2.05) is 0 Å². The quantitative estimate of drug-likeness (QED) is 0.231. The lowest BCUT2D eigenvalue weighted by Gasteiger charge is -2.19. The van der Waals surface area contributed by atoms with E-state index in [9.17, 15) is 31.5 Å². The Bertz CT molecular complexity index is 1910. The number of hydrogen-bond donors (Lipinski definition) is 2. The summed E-state index contributed by atoms with van der Waals surface area (Å²) < 4.78 is 69.9. The van der Waals surface area contributed by atoms with Gasteiger partial charge in [-0.05, 0) is 72.1 Å². The van der Waals surface area contributed by atoms with Crippen LogP contribution >= 0.6 is 11.6 Å². The minimum Gasteiger partial charge on any atom is -0.341 e. The molecule has 7 nitrogen and oxygen atoms in total. The van der Waals surface area contributed by atoms with E-state index in [-0.39, 0.29) is 39.9 Å². The zero-order valence-electron chi connectivity index (χ0n) is 21.1. The van der Waals surface area contributed by atoms with Crippen molar-refractivity contribution in [2.75, 3.05) is 5.32 Å². The third-order valence-corrected chi connectivity index (χ3v) is 7.16. The highest BCUT2D eigenvalue weighted by molar-refractivity contribution is 6.31. The highest BCUT2D eigenvalue weighted by atomic mass is 35.5. The zero-order valence-corrected chi connectivity index (χ0v) is 21.9. The Kier molecular flexibility index (Phi) is 6.65. The molecule has 42 heavy (non-hydrogen) atoms. The van der Waals surface area contributed by atoms with E-state index < -0.39 is 46.8 Å². The first-order valence-electron chi connectivity index (χ1n) is 12.4. The lowest BCUT2D eigenvalue weighted by molar-refractivity contribution is -0.137. The van der Waals surface area contributed by atoms with Gasteiger partial charge in [-0.2, -0.15) is 13.2 Å². The topological polar surface area (TPSA) is 88.4 Å². The average Bonchev–Trinajstić information content (AvgIpc) is 3.53. The summed E-state index contributed by atoms with van der Waals surface area (Å²) in [4.78, 5) is 26.4. The van der Waals surface area contributed by atoms with E-state index in [2.05, 4.69) is 20.8 Å². The molecule has 0 spiro atoms. The largest absolute Gasteiger partial charge is 0.416 e. The van der Waals surface area contributed by atoms with Gasteiger partial charge in [0.05, 0.1) is 11.6 Å². The van der Waals surface area contributed by atoms with Gasteiger partial charge >= 0.3 is 6.18 Å². The number of nitrogens with one attached hydrogen (secondary N) is 2. The van der Waals surface area contributed by atoms with Gasteiger partial charge in [0.25, 0.3) is 11.8 Å². The average molecular weight is 598 g/mol. The van der Waals surface area contributed by atoms with Gasteiger partial charge in [0, 0.05) is 39.2 Å². The fraction of sp³-hybridized carbons (Fsp3) is 0.103. The molecule has 2 N–H and O–H groups in total. The van der Waals surface area contributed by atoms with E-state index in [0.29, 0.717) is 23.3 Å². The molecule has 1 unspecified atom stereocenters. The Balaban J connectivity index is 1.45. The molecule has 1 atom stereocenters. The predicted molar refractivity (Wildman–Crippen MR) is 142 cm³/mol. The SMILES string of the molecule is O=C(Nc1cc(Cc2ccc3nncn3c2)cc2c1C(c1cc(F)ccc1Cl)NC2=O)c1cc(F)cc(C(F)(F)F)c1. The minimum absolute atomic E-state index is 0.0550. The lowest BCUT2D eigenvalue weighted by Crippen LogP contribution is -2.21. The number of halogens is 6. The fourth-order valence-electron chi connectivity index (χ4n) is 4.96. The van der Waals surface area contributed by atoms with Gasteiger partial charge in [-0.3, -0.25) is 14.0 Å². The van der Waals surface area contributed by atoms with Gasteiger partial charge < -0.3 is 10.6 Å². The molecule has 5 aromatic rings. The second-order valence-electron chi connectivity index (χ2n) is 9.67. The maximum Gasteiger partial charge on any atom is 0.416 e. The van der Waals surface area contributed by atoms with E-state index >= 15 is 0 Å². The van der Waals surface area contributed by atoms with Gasteiger partial charge in [-0.15, -0.1) is 10.2 Å². The summed E-state index contributed by atoms with van der Waals surface area (Å²) in [7, 11) is 0. The van der Waals surface area contributed by atoms with Gasteiger partial charge in [0.1, 0.15) is 18.0 Å². The molecule has 0 bridgehead atoms. The second kappa shape index (κ2) is 10.2. The first-order chi connectivity index (χ1) is 20.0. The first kappa shape index (κ1) is 27.3. The number of benzene rings is 3. The maximum absolute atomic E-state index is 14.2. The summed E-state index contributed by atoms with van der Waals surface area (Å²) in [6.45, 7) is 0. The molecule has 0 saturated heterocycles. The Labute approximate surface area is 239 Å². The van der Waals surface area contributed by atoms with Crippen molar-refractivity contribution in [1.29, 1.82) is 0 Å². The number of alkyl halides is 3. The van der Waals surface area contributed by atoms with E-state index in [0.717, 1.165) is 17.7 Å². The summed E-state index contributed by atoms with van der Waals surface area (Å²) in [5.74, 6) is -3.46. The highest BCUT2D eigenvalue weighted by Crippen LogP contribution is 2.40. The molecule has 3 aromatic carbocycles. The molecule has 1 aliphatic rings. The summed E-state index contributed by atoms with van der Waals surface area (Å²) in [6, 6.07) is 10.8. The molecule has 0 fully saturated rings. The highest BCUT2D eigenvalue weighted by Gasteiger charge is 2.36. The Morgan fingerprint density at radius 1 is 1.00 bits per heavy atom. The van der Waals surface area contributed by atoms with Crippen molar-refractivity contribution in [2.24, 2.45) is 0 Å². The van der Waals surface area contributed by atoms with Crippen molar-refractivity contribution in [3.8, 4) is 0 Å². The molecular weight excluding hydrogens is 581 g/mol. The number of anilines is 1. The first-order valence-corrected chi connectivity index (χ1v) is 12.7. The minimum atomic E-state index is -4.89. The Morgan fingerprint density at radius 2 is 1.81 bits per heavy atom. The molecule has 212 valence electrons. The van der Waals surface area contributed by atoms with Crippen LogP contribution in [0.25, 0.3) is 5.65 Å². The molecule has 2 aromatic heterocycles. The third-order valence-electron chi connectivity index (χ3n) is 6.81. The predicted octanol–water partition coefficient (Wildman–Crippen LogP) is 6.36. The van der Waals surface area contributed by atoms with Crippen LogP contribution in [0, 0.1) is 11.6 Å². The number of rotatable bonds is 5. The van der Waals surface area contributed by atoms with Crippen molar-refractivity contribution in [2.45, 2.75) is 18.6 Å². The van der Waals surface area contributed by atoms with E-state index in [1.54, 1.807) is 34.9 Å². The summed E-state index contributed by atoms with van der Waals surface area (Å²) in [6.07, 6.45) is -1.31. The van der Waals surface area contributed by atoms with Crippen LogP contribution in [0.4, 0.5) is 27.6 Å². The van der Waals surface area contributed by atoms with Crippen molar-refractivity contribution in [3.05, 3.63) is 129 Å². The summed E-state index contributed by atoms with van der Waals surface area (Å²) in [5, 5.41) is 13.2. The van der Waals surface area contributed by atoms with Crippen LogP contribution in [-0.4, -0.2) is 26.4 Å². The number of pyridine rings is 1. The molecule has 1 aliphatic heterocycles. The van der Waals surface area contributed by atoms with Crippen LogP contribution in [0.5, 0.6) is 0 Å². The zero-order chi connectivity index (χ0) is 29.8. The Morgan fingerprint density at radius 3 is 2.60 bits per heavy atom. The molecule has 13 heteroatoms. The number of amides is 2. The molecule has 0 saturated carbocycles. The van der Waals surface area contributed by atoms with Crippen LogP contribution in [0.15, 0.2) is 73.2 Å². The number of fused-ring (bicyclic) bond motifs is 2. The Hall–Kier alpha value is -4.84. The van der Waals surface area contributed by atoms with Crippen molar-refractivity contribution in [1.82, 2.24) is 19.9 Å². The van der Waals surface area contributed by atoms with Gasteiger partial charge in [-0.1, -0.05) is 17.7 Å². The van der Waals surface area contributed by atoms with Crippen molar-refractivity contribution in [3.63, 3.8) is 0 Å². The number of hydrogen-bond acceptors (Lipinski definition) is 4. The van der Waals surface area contributed by atoms with Crippen LogP contribution in [-0.2, 0) is 12.6 Å². The molecular formula is C29H17ClF5N5O2. The lowest BCUT2D eigenvalue weighted by atomic mass is 9.93. The van der Waals surface area contributed by atoms with Gasteiger partial charge in [0.15, 0.2) is 5.65 Å². The third kappa shape index (κ3) is 5.16. The molecule has 2 amide bonds. The number of aromatic nitrogens is 3. The summed E-state index contributed by atoms with van der Waals surface area (Å²) >= 11 is 6.33. The molecule has 3 heterocycles. The smallest absolute Gasteiger partial charge is 0.341 e. The van der Waals surface area contributed by atoms with Crippen LogP contribution in [0.2, 0.25) is 5.02 Å². The molecule has 0 aliphatic carbocycles.